The molecule has 0 radical (unpaired) electrons. The van der Waals surface area contributed by atoms with Crippen LogP contribution in [0.4, 0.5) is 11.4 Å². The molecule has 0 spiro atoms. The van der Waals surface area contributed by atoms with E-state index in [-0.39, 0.29) is 11.3 Å². The van der Waals surface area contributed by atoms with Crippen molar-refractivity contribution in [1.82, 2.24) is 0 Å². The number of hydrogen-bond donors (Lipinski definition) is 1. The molecule has 0 bridgehead atoms. The molecule has 37 heavy (non-hydrogen) atoms. The minimum absolute atomic E-state index is 0.0169. The Balaban J connectivity index is 1.71. The van der Waals surface area contributed by atoms with Crippen LogP contribution in [0.5, 0.6) is 17.2 Å². The minimum atomic E-state index is -0.863. The Bertz CT molecular complexity index is 1390. The fourth-order valence-electron chi connectivity index (χ4n) is 4.79. The molecule has 2 aliphatic heterocycles. The normalized spacial score (nSPS) is 17.9. The third-order valence-electron chi connectivity index (χ3n) is 6.75. The second kappa shape index (κ2) is 9.54. The summed E-state index contributed by atoms with van der Waals surface area (Å²) in [6, 6.07) is 17.0. The Morgan fingerprint density at radius 2 is 1.65 bits per heavy atom. The van der Waals surface area contributed by atoms with Crippen molar-refractivity contribution in [2.75, 3.05) is 44.7 Å². The van der Waals surface area contributed by atoms with Gasteiger partial charge >= 0.3 is 0 Å². The summed E-state index contributed by atoms with van der Waals surface area (Å²) in [7, 11) is 6.89. The molecule has 1 saturated heterocycles. The van der Waals surface area contributed by atoms with E-state index < -0.39 is 17.7 Å². The Kier molecular flexibility index (Phi) is 6.25. The molecule has 5 rings (SSSR count). The second-order valence-electron chi connectivity index (χ2n) is 9.15. The first-order valence-electron chi connectivity index (χ1n) is 11.9. The Hall–Kier alpha value is -4.46. The molecular weight excluding hydrogens is 472 g/mol. The second-order valence-corrected chi connectivity index (χ2v) is 9.15. The summed E-state index contributed by atoms with van der Waals surface area (Å²) < 4.78 is 16.4. The van der Waals surface area contributed by atoms with Gasteiger partial charge < -0.3 is 24.2 Å². The van der Waals surface area contributed by atoms with Gasteiger partial charge in [0, 0.05) is 50.0 Å². The minimum Gasteiger partial charge on any atom is -0.507 e. The van der Waals surface area contributed by atoms with Crippen LogP contribution in [-0.2, 0) is 16.0 Å². The van der Waals surface area contributed by atoms with E-state index in [0.29, 0.717) is 41.3 Å². The van der Waals surface area contributed by atoms with Gasteiger partial charge in [-0.15, -0.1) is 0 Å². The van der Waals surface area contributed by atoms with E-state index in [4.69, 9.17) is 14.2 Å². The fraction of sp³-hybridized carbons (Fsp3) is 0.241. The zero-order valence-corrected chi connectivity index (χ0v) is 21.1. The topological polar surface area (TPSA) is 88.5 Å². The molecule has 190 valence electrons. The summed E-state index contributed by atoms with van der Waals surface area (Å²) in [5.41, 5.74) is 3.48. The number of methoxy groups -OCH3 is 2. The van der Waals surface area contributed by atoms with E-state index in [2.05, 4.69) is 0 Å². The number of Topliss-reactive ketones (excluding diaryl/α,β-unsaturated/α-hetero) is 1. The van der Waals surface area contributed by atoms with Crippen LogP contribution in [0.3, 0.4) is 0 Å². The highest BCUT2D eigenvalue weighted by molar-refractivity contribution is 6.51. The molecule has 8 nitrogen and oxygen atoms in total. The van der Waals surface area contributed by atoms with Gasteiger partial charge in [0.2, 0.25) is 0 Å². The van der Waals surface area contributed by atoms with Gasteiger partial charge in [0.25, 0.3) is 11.7 Å². The van der Waals surface area contributed by atoms with Crippen molar-refractivity contribution < 1.29 is 28.9 Å². The van der Waals surface area contributed by atoms with Crippen LogP contribution in [0.1, 0.15) is 22.7 Å². The van der Waals surface area contributed by atoms with E-state index in [9.17, 15) is 14.7 Å². The Morgan fingerprint density at radius 1 is 0.973 bits per heavy atom. The zero-order chi connectivity index (χ0) is 26.3. The van der Waals surface area contributed by atoms with Gasteiger partial charge in [-0.1, -0.05) is 12.1 Å². The number of ether oxygens (including phenoxy) is 3. The lowest BCUT2D eigenvalue weighted by Gasteiger charge is -2.26. The SMILES string of the molecule is COc1cc(OC)cc(N2C(=O)C(=O)/C(=C(\O)c3ccc4c(c3)CCO4)C2c2ccc(N(C)C)cc2)c1. The molecule has 0 saturated carbocycles. The highest BCUT2D eigenvalue weighted by Gasteiger charge is 2.47. The number of benzene rings is 3. The van der Waals surface area contributed by atoms with Crippen LogP contribution in [0.2, 0.25) is 0 Å². The van der Waals surface area contributed by atoms with E-state index in [0.717, 1.165) is 17.0 Å². The van der Waals surface area contributed by atoms with E-state index >= 15 is 0 Å². The van der Waals surface area contributed by atoms with Gasteiger partial charge in [-0.3, -0.25) is 14.5 Å². The number of hydrogen-bond acceptors (Lipinski definition) is 7. The molecule has 2 heterocycles. The molecule has 8 heteroatoms. The number of carbonyl (C=O) groups excluding carboxylic acids is 2. The van der Waals surface area contributed by atoms with Crippen LogP contribution in [0.25, 0.3) is 5.76 Å². The molecule has 1 fully saturated rings. The van der Waals surface area contributed by atoms with Gasteiger partial charge in [0.1, 0.15) is 23.0 Å². The number of amides is 1. The summed E-state index contributed by atoms with van der Waals surface area (Å²) in [5, 5.41) is 11.5. The van der Waals surface area contributed by atoms with Crippen molar-refractivity contribution in [2.24, 2.45) is 0 Å². The third kappa shape index (κ3) is 4.24. The molecule has 2 aliphatic rings. The van der Waals surface area contributed by atoms with Gasteiger partial charge in [-0.2, -0.15) is 0 Å². The average Bonchev–Trinajstić information content (AvgIpc) is 3.49. The maximum Gasteiger partial charge on any atom is 0.300 e. The average molecular weight is 501 g/mol. The van der Waals surface area contributed by atoms with Crippen molar-refractivity contribution in [3.63, 3.8) is 0 Å². The highest BCUT2D eigenvalue weighted by Crippen LogP contribution is 2.44. The number of aliphatic hydroxyl groups is 1. The molecule has 0 aliphatic carbocycles. The van der Waals surface area contributed by atoms with Crippen LogP contribution >= 0.6 is 0 Å². The number of rotatable bonds is 6. The van der Waals surface area contributed by atoms with Gasteiger partial charge in [0.05, 0.1) is 38.1 Å². The summed E-state index contributed by atoms with van der Waals surface area (Å²) in [4.78, 5) is 30.4. The van der Waals surface area contributed by atoms with Crippen molar-refractivity contribution >= 4 is 28.8 Å². The Morgan fingerprint density at radius 3 is 2.27 bits per heavy atom. The van der Waals surface area contributed by atoms with Crippen LogP contribution in [0, 0.1) is 0 Å². The van der Waals surface area contributed by atoms with Gasteiger partial charge in [-0.05, 0) is 41.5 Å². The predicted octanol–water partition coefficient (Wildman–Crippen LogP) is 4.33. The monoisotopic (exact) mass is 500 g/mol. The first-order valence-corrected chi connectivity index (χ1v) is 11.9. The first kappa shape index (κ1) is 24.2. The largest absolute Gasteiger partial charge is 0.507 e. The molecule has 0 aromatic heterocycles. The predicted molar refractivity (Wildman–Crippen MR) is 141 cm³/mol. The molecular formula is C29H28N2O6. The molecule has 3 aromatic carbocycles. The maximum atomic E-state index is 13.5. The first-order chi connectivity index (χ1) is 17.8. The third-order valence-corrected chi connectivity index (χ3v) is 6.75. The number of anilines is 2. The van der Waals surface area contributed by atoms with Crippen molar-refractivity contribution in [3.05, 3.63) is 82.9 Å². The molecule has 1 N–H and O–H groups in total. The molecule has 1 amide bonds. The van der Waals surface area contributed by atoms with E-state index in [1.54, 1.807) is 30.3 Å². The van der Waals surface area contributed by atoms with Crippen molar-refractivity contribution in [3.8, 4) is 17.2 Å². The van der Waals surface area contributed by atoms with E-state index in [1.165, 1.54) is 19.1 Å². The van der Waals surface area contributed by atoms with E-state index in [1.807, 2.05) is 49.3 Å². The fourth-order valence-corrected chi connectivity index (χ4v) is 4.79. The smallest absolute Gasteiger partial charge is 0.300 e. The maximum absolute atomic E-state index is 13.5. The number of aliphatic hydroxyl groups excluding tert-OH is 1. The summed E-state index contributed by atoms with van der Waals surface area (Å²) >= 11 is 0. The lowest BCUT2D eigenvalue weighted by molar-refractivity contribution is -0.132. The van der Waals surface area contributed by atoms with Gasteiger partial charge in [0.15, 0.2) is 0 Å². The van der Waals surface area contributed by atoms with Crippen LogP contribution in [0.15, 0.2) is 66.2 Å². The lowest BCUT2D eigenvalue weighted by atomic mass is 9.94. The quantitative estimate of drug-likeness (QED) is 0.306. The van der Waals surface area contributed by atoms with Crippen LogP contribution in [-0.4, -0.2) is 51.7 Å². The lowest BCUT2D eigenvalue weighted by Crippen LogP contribution is -2.29. The summed E-state index contributed by atoms with van der Waals surface area (Å²) in [6.07, 6.45) is 0.712. The zero-order valence-electron chi connectivity index (χ0n) is 21.1. The van der Waals surface area contributed by atoms with Crippen LogP contribution < -0.4 is 24.0 Å². The summed E-state index contributed by atoms with van der Waals surface area (Å²) in [6.45, 7) is 0.569. The number of fused-ring (bicyclic) bond motifs is 1. The highest BCUT2D eigenvalue weighted by atomic mass is 16.5. The molecule has 1 atom stereocenters. The Labute approximate surface area is 215 Å². The van der Waals surface area contributed by atoms with Crippen molar-refractivity contribution in [2.45, 2.75) is 12.5 Å². The standard InChI is InChI=1S/C29H28N2O6/c1-30(2)20-8-5-17(6-9-20)26-25(27(32)19-7-10-24-18(13-19)11-12-37-24)28(33)29(34)31(26)21-14-22(35-3)16-23(15-21)36-4/h5-10,13-16,26,32H,11-12H2,1-4H3/b27-25-. The number of ketones is 1. The molecule has 3 aromatic rings. The summed E-state index contributed by atoms with van der Waals surface area (Å²) in [5.74, 6) is -0.0442. The van der Waals surface area contributed by atoms with Gasteiger partial charge in [-0.25, -0.2) is 0 Å². The van der Waals surface area contributed by atoms with Crippen molar-refractivity contribution in [1.29, 1.82) is 0 Å². The molecule has 1 unspecified atom stereocenters. The number of nitrogens with zero attached hydrogens (tertiary/aromatic N) is 2. The number of carbonyl (C=O) groups is 2.